The molecule has 0 aromatic heterocycles. The summed E-state index contributed by atoms with van der Waals surface area (Å²) in [6, 6.07) is 6.38. The molecule has 80 valence electrons. The van der Waals surface area contributed by atoms with Gasteiger partial charge in [-0.1, -0.05) is 28.1 Å². The van der Waals surface area contributed by atoms with Crippen LogP contribution in [0.2, 0.25) is 0 Å². The first-order valence-electron chi connectivity index (χ1n) is 4.90. The van der Waals surface area contributed by atoms with Crippen LogP contribution in [0.15, 0.2) is 24.3 Å². The third-order valence-corrected chi connectivity index (χ3v) is 3.37. The predicted molar refractivity (Wildman–Crippen MR) is 60.7 cm³/mol. The highest BCUT2D eigenvalue weighted by atomic mass is 79.9. The fourth-order valence-electron chi connectivity index (χ4n) is 1.74. The minimum atomic E-state index is -0.340. The number of nitrogens with zero attached hydrogens (tertiary/aromatic N) is 1. The van der Waals surface area contributed by atoms with Gasteiger partial charge >= 0.3 is 0 Å². The van der Waals surface area contributed by atoms with E-state index in [0.717, 1.165) is 12.8 Å². The molecule has 0 N–H and O–H groups in total. The fourth-order valence-corrected chi connectivity index (χ4v) is 2.31. The van der Waals surface area contributed by atoms with Crippen LogP contribution in [-0.4, -0.2) is 17.3 Å². The van der Waals surface area contributed by atoms with Crippen LogP contribution in [0.25, 0.3) is 0 Å². The molecule has 4 heteroatoms. The van der Waals surface area contributed by atoms with Gasteiger partial charge in [0, 0.05) is 6.54 Å². The number of anilines is 1. The summed E-state index contributed by atoms with van der Waals surface area (Å²) in [5, 5.41) is 0. The Hall–Kier alpha value is -0.900. The summed E-state index contributed by atoms with van der Waals surface area (Å²) in [5.74, 6) is -0.390. The van der Waals surface area contributed by atoms with E-state index in [2.05, 4.69) is 15.9 Å². The van der Waals surface area contributed by atoms with Crippen molar-refractivity contribution in [1.29, 1.82) is 0 Å². The average Bonchev–Trinajstić information content (AvgIpc) is 2.23. The van der Waals surface area contributed by atoms with Gasteiger partial charge in [-0.25, -0.2) is 4.39 Å². The van der Waals surface area contributed by atoms with Crippen LogP contribution >= 0.6 is 15.9 Å². The van der Waals surface area contributed by atoms with Crippen molar-refractivity contribution < 1.29 is 9.18 Å². The van der Waals surface area contributed by atoms with E-state index < -0.39 is 0 Å². The molecule has 1 aliphatic heterocycles. The Labute approximate surface area is 96.2 Å². The van der Waals surface area contributed by atoms with E-state index in [1.165, 1.54) is 11.0 Å². The summed E-state index contributed by atoms with van der Waals surface area (Å²) in [6.45, 7) is 0.599. The Kier molecular flexibility index (Phi) is 3.05. The van der Waals surface area contributed by atoms with Gasteiger partial charge in [0.05, 0.1) is 10.5 Å². The minimum Gasteiger partial charge on any atom is -0.309 e. The maximum atomic E-state index is 13.5. The van der Waals surface area contributed by atoms with E-state index in [9.17, 15) is 9.18 Å². The number of carbonyl (C=O) groups is 1. The molecule has 0 radical (unpaired) electrons. The van der Waals surface area contributed by atoms with E-state index in [1.807, 2.05) is 0 Å². The summed E-state index contributed by atoms with van der Waals surface area (Å²) in [6.07, 6.45) is 1.72. The molecule has 1 aromatic rings. The van der Waals surface area contributed by atoms with Gasteiger partial charge in [-0.05, 0) is 25.0 Å². The lowest BCUT2D eigenvalue weighted by molar-refractivity contribution is -0.118. The first-order valence-corrected chi connectivity index (χ1v) is 5.81. The van der Waals surface area contributed by atoms with E-state index in [4.69, 9.17) is 0 Å². The van der Waals surface area contributed by atoms with Crippen molar-refractivity contribution in [3.63, 3.8) is 0 Å². The molecule has 0 saturated carbocycles. The Morgan fingerprint density at radius 3 is 2.87 bits per heavy atom. The Balaban J connectivity index is 2.30. The molecule has 1 heterocycles. The van der Waals surface area contributed by atoms with Crippen LogP contribution in [0.3, 0.4) is 0 Å². The van der Waals surface area contributed by atoms with Crippen molar-refractivity contribution in [1.82, 2.24) is 0 Å². The summed E-state index contributed by atoms with van der Waals surface area (Å²) < 4.78 is 13.5. The number of halogens is 2. The molecule has 0 bridgehead atoms. The van der Waals surface area contributed by atoms with Gasteiger partial charge in [0.25, 0.3) is 0 Å². The first-order chi connectivity index (χ1) is 7.20. The van der Waals surface area contributed by atoms with Crippen molar-refractivity contribution >= 4 is 27.5 Å². The highest BCUT2D eigenvalue weighted by Gasteiger charge is 2.28. The van der Waals surface area contributed by atoms with Gasteiger partial charge in [-0.15, -0.1) is 0 Å². The number of amides is 1. The molecule has 15 heavy (non-hydrogen) atoms. The molecule has 1 amide bonds. The van der Waals surface area contributed by atoms with Crippen LogP contribution in [0.5, 0.6) is 0 Å². The van der Waals surface area contributed by atoms with Gasteiger partial charge in [0.2, 0.25) is 5.91 Å². The molecule has 1 fully saturated rings. The normalized spacial score (nSPS) is 21.9. The smallest absolute Gasteiger partial charge is 0.240 e. The van der Waals surface area contributed by atoms with Gasteiger partial charge in [0.1, 0.15) is 5.82 Å². The summed E-state index contributed by atoms with van der Waals surface area (Å²) in [4.78, 5) is 13.1. The lowest BCUT2D eigenvalue weighted by Gasteiger charge is -2.29. The molecule has 1 aromatic carbocycles. The van der Waals surface area contributed by atoms with Gasteiger partial charge in [-0.2, -0.15) is 0 Å². The van der Waals surface area contributed by atoms with Crippen molar-refractivity contribution in [2.45, 2.75) is 17.7 Å². The summed E-state index contributed by atoms with van der Waals surface area (Å²) in [5.41, 5.74) is 0.381. The van der Waals surface area contributed by atoms with Crippen LogP contribution in [0.1, 0.15) is 12.8 Å². The largest absolute Gasteiger partial charge is 0.309 e. The monoisotopic (exact) mass is 271 g/mol. The van der Waals surface area contributed by atoms with E-state index in [-0.39, 0.29) is 16.6 Å². The lowest BCUT2D eigenvalue weighted by atomic mass is 10.1. The Morgan fingerprint density at radius 1 is 1.40 bits per heavy atom. The maximum Gasteiger partial charge on any atom is 0.240 e. The van der Waals surface area contributed by atoms with Crippen LogP contribution < -0.4 is 4.90 Å². The number of carbonyl (C=O) groups excluding carboxylic acids is 1. The van der Waals surface area contributed by atoms with Gasteiger partial charge in [0.15, 0.2) is 0 Å². The van der Waals surface area contributed by atoms with E-state index in [1.54, 1.807) is 18.2 Å². The van der Waals surface area contributed by atoms with Crippen LogP contribution in [-0.2, 0) is 4.79 Å². The quantitative estimate of drug-likeness (QED) is 0.720. The van der Waals surface area contributed by atoms with Crippen molar-refractivity contribution in [2.75, 3.05) is 11.4 Å². The van der Waals surface area contributed by atoms with Crippen LogP contribution in [0, 0.1) is 5.82 Å². The van der Waals surface area contributed by atoms with Crippen molar-refractivity contribution in [3.05, 3.63) is 30.1 Å². The second kappa shape index (κ2) is 4.31. The third-order valence-electron chi connectivity index (χ3n) is 2.52. The molecular formula is C11H11BrFNO. The van der Waals surface area contributed by atoms with Crippen molar-refractivity contribution in [2.24, 2.45) is 0 Å². The second-order valence-corrected chi connectivity index (χ2v) is 4.66. The van der Waals surface area contributed by atoms with Crippen molar-refractivity contribution in [3.8, 4) is 0 Å². The number of hydrogen-bond donors (Lipinski definition) is 0. The molecule has 0 unspecified atom stereocenters. The third kappa shape index (κ3) is 2.04. The zero-order chi connectivity index (χ0) is 10.8. The summed E-state index contributed by atoms with van der Waals surface area (Å²) in [7, 11) is 0. The highest BCUT2D eigenvalue weighted by molar-refractivity contribution is 9.10. The minimum absolute atomic E-state index is 0.0497. The molecule has 0 spiro atoms. The predicted octanol–water partition coefficient (Wildman–Crippen LogP) is 2.72. The molecule has 2 rings (SSSR count). The molecule has 1 atom stereocenters. The molecule has 1 saturated heterocycles. The SMILES string of the molecule is O=C1[C@H](Br)CCCN1c1ccccc1F. The van der Waals surface area contributed by atoms with Gasteiger partial charge in [-0.3, -0.25) is 4.79 Å². The zero-order valence-electron chi connectivity index (χ0n) is 8.12. The zero-order valence-corrected chi connectivity index (χ0v) is 9.71. The first kappa shape index (κ1) is 10.6. The van der Waals surface area contributed by atoms with E-state index >= 15 is 0 Å². The lowest BCUT2D eigenvalue weighted by Crippen LogP contribution is -2.42. The standard InChI is InChI=1S/C11H11BrFNO/c12-8-4-3-7-14(11(8)15)10-6-2-1-5-9(10)13/h1-2,5-6,8H,3-4,7H2/t8-/m1/s1. The highest BCUT2D eigenvalue weighted by Crippen LogP contribution is 2.26. The number of hydrogen-bond acceptors (Lipinski definition) is 1. The number of alkyl halides is 1. The fraction of sp³-hybridized carbons (Fsp3) is 0.364. The Bertz CT molecular complexity index is 383. The van der Waals surface area contributed by atoms with Gasteiger partial charge < -0.3 is 4.90 Å². The molecule has 0 aliphatic carbocycles. The van der Waals surface area contributed by atoms with E-state index in [0.29, 0.717) is 12.2 Å². The maximum absolute atomic E-state index is 13.5. The number of para-hydroxylation sites is 1. The van der Waals surface area contributed by atoms with Crippen LogP contribution in [0.4, 0.5) is 10.1 Å². The number of rotatable bonds is 1. The summed E-state index contributed by atoms with van der Waals surface area (Å²) >= 11 is 3.30. The Morgan fingerprint density at radius 2 is 2.13 bits per heavy atom. The molecular weight excluding hydrogens is 261 g/mol. The number of piperidine rings is 1. The molecule has 1 aliphatic rings. The molecule has 2 nitrogen and oxygen atoms in total. The topological polar surface area (TPSA) is 20.3 Å². The second-order valence-electron chi connectivity index (χ2n) is 3.55. The number of benzene rings is 1. The average molecular weight is 272 g/mol.